The molecule has 2 aromatic heterocycles. The molecule has 10 rings (SSSR count). The Balaban J connectivity index is 1.21. The van der Waals surface area contributed by atoms with Crippen molar-refractivity contribution in [2.45, 2.75) is 6.92 Å². The van der Waals surface area contributed by atoms with Crippen molar-refractivity contribution in [1.82, 2.24) is 19.5 Å². The van der Waals surface area contributed by atoms with Gasteiger partial charge in [0.2, 0.25) is 0 Å². The molecule has 264 valence electrons. The Morgan fingerprint density at radius 1 is 0.482 bits per heavy atom. The predicted molar refractivity (Wildman–Crippen MR) is 234 cm³/mol. The molecule has 56 heavy (non-hydrogen) atoms. The third-order valence-corrected chi connectivity index (χ3v) is 10.7. The second kappa shape index (κ2) is 13.8. The van der Waals surface area contributed by atoms with Gasteiger partial charge in [-0.15, -0.1) is 0 Å². The molecule has 10 aromatic rings. The summed E-state index contributed by atoms with van der Waals surface area (Å²) in [6, 6.07) is 63.8. The molecule has 0 saturated heterocycles. The number of rotatable bonds is 7. The Morgan fingerprint density at radius 3 is 1.80 bits per heavy atom. The van der Waals surface area contributed by atoms with Gasteiger partial charge in [0.1, 0.15) is 0 Å². The first-order chi connectivity index (χ1) is 27.6. The molecule has 4 nitrogen and oxygen atoms in total. The largest absolute Gasteiger partial charge is 0.309 e. The van der Waals surface area contributed by atoms with E-state index < -0.39 is 0 Å². The summed E-state index contributed by atoms with van der Waals surface area (Å²) in [6.07, 6.45) is 2.15. The zero-order valence-electron chi connectivity index (χ0n) is 30.9. The molecule has 2 heterocycles. The van der Waals surface area contributed by atoms with E-state index in [0.717, 1.165) is 60.9 Å². The lowest BCUT2D eigenvalue weighted by molar-refractivity contribution is 1.04. The molecule has 0 radical (unpaired) electrons. The second-order valence-corrected chi connectivity index (χ2v) is 14.2. The maximum absolute atomic E-state index is 5.22. The maximum Gasteiger partial charge on any atom is 0.164 e. The first kappa shape index (κ1) is 33.2. The lowest BCUT2D eigenvalue weighted by atomic mass is 9.94. The van der Waals surface area contributed by atoms with Gasteiger partial charge in [0, 0.05) is 33.0 Å². The van der Waals surface area contributed by atoms with Crippen LogP contribution in [-0.4, -0.2) is 19.5 Å². The Hall–Kier alpha value is -7.43. The number of aryl methyl sites for hydroxylation is 1. The minimum atomic E-state index is 0.516. The monoisotopic (exact) mass is 716 g/mol. The molecule has 0 spiro atoms. The Labute approximate surface area is 325 Å². The number of nitrogens with zero attached hydrogens (tertiary/aromatic N) is 4. The summed E-state index contributed by atoms with van der Waals surface area (Å²) in [7, 11) is 0. The highest BCUT2D eigenvalue weighted by Crippen LogP contribution is 2.39. The van der Waals surface area contributed by atoms with Crippen molar-refractivity contribution in [1.29, 1.82) is 0 Å². The predicted octanol–water partition coefficient (Wildman–Crippen LogP) is 13.2. The Morgan fingerprint density at radius 2 is 1.05 bits per heavy atom. The molecular weight excluding hydrogens is 681 g/mol. The van der Waals surface area contributed by atoms with Crippen molar-refractivity contribution in [2.75, 3.05) is 0 Å². The van der Waals surface area contributed by atoms with Crippen molar-refractivity contribution in [3.8, 4) is 33.9 Å². The Kier molecular flexibility index (Phi) is 8.15. The van der Waals surface area contributed by atoms with Gasteiger partial charge in [-0.3, -0.25) is 0 Å². The van der Waals surface area contributed by atoms with E-state index in [1.807, 2.05) is 36.4 Å². The first-order valence-electron chi connectivity index (χ1n) is 18.9. The fourth-order valence-electron chi connectivity index (χ4n) is 7.99. The van der Waals surface area contributed by atoms with Crippen LogP contribution in [0.1, 0.15) is 17.0 Å². The third kappa shape index (κ3) is 5.76. The minimum Gasteiger partial charge on any atom is -0.309 e. The first-order valence-corrected chi connectivity index (χ1v) is 18.9. The third-order valence-electron chi connectivity index (χ3n) is 10.7. The van der Waals surface area contributed by atoms with Crippen LogP contribution in [-0.2, 0) is 0 Å². The number of fused-ring (bicyclic) bond motifs is 5. The maximum atomic E-state index is 5.22. The molecule has 0 atom stereocenters. The molecule has 0 unspecified atom stereocenters. The van der Waals surface area contributed by atoms with Crippen molar-refractivity contribution in [3.05, 3.63) is 212 Å². The van der Waals surface area contributed by atoms with E-state index in [1.165, 1.54) is 21.5 Å². The average Bonchev–Trinajstić information content (AvgIpc) is 3.57. The van der Waals surface area contributed by atoms with Crippen LogP contribution in [0.4, 0.5) is 0 Å². The summed E-state index contributed by atoms with van der Waals surface area (Å²) in [5.74, 6) is 1.71. The van der Waals surface area contributed by atoms with Crippen LogP contribution in [0, 0.1) is 6.92 Å². The number of aromatic nitrogens is 4. The molecule has 0 aliphatic heterocycles. The summed E-state index contributed by atoms with van der Waals surface area (Å²) >= 11 is 0. The summed E-state index contributed by atoms with van der Waals surface area (Å²) < 4.78 is 2.38. The van der Waals surface area contributed by atoms with Crippen LogP contribution >= 0.6 is 0 Å². The van der Waals surface area contributed by atoms with Crippen LogP contribution in [0.2, 0.25) is 0 Å². The molecule has 0 amide bonds. The highest BCUT2D eigenvalue weighted by molar-refractivity contribution is 6.15. The summed E-state index contributed by atoms with van der Waals surface area (Å²) in [5.41, 5.74) is 10.4. The summed E-state index contributed by atoms with van der Waals surface area (Å²) in [5, 5.41) is 7.00. The minimum absolute atomic E-state index is 0.516. The zero-order chi connectivity index (χ0) is 37.6. The van der Waals surface area contributed by atoms with E-state index in [1.54, 1.807) is 0 Å². The molecule has 4 heteroatoms. The molecule has 0 aliphatic carbocycles. The van der Waals surface area contributed by atoms with E-state index in [9.17, 15) is 0 Å². The van der Waals surface area contributed by atoms with Crippen molar-refractivity contribution in [2.24, 2.45) is 0 Å². The standard InChI is InChI=1S/C52H36N4/c1-34-17-9-12-24-40(34)48(56-47-28-16-15-27-44(47)46-32-38-22-10-11-23-39(38)33-49(46)56)31-35(2)50-53-51(37-20-7-4-8-21-37)55-52(54-50)45-30-29-41(36-18-5-3-6-19-36)42-25-13-14-26-43(42)45/h3-33H,2H2,1H3/b48-31+. The van der Waals surface area contributed by atoms with Crippen LogP contribution in [0.5, 0.6) is 0 Å². The topological polar surface area (TPSA) is 43.6 Å². The average molecular weight is 717 g/mol. The second-order valence-electron chi connectivity index (χ2n) is 14.2. The molecule has 0 fully saturated rings. The van der Waals surface area contributed by atoms with Gasteiger partial charge in [0.25, 0.3) is 0 Å². The van der Waals surface area contributed by atoms with E-state index in [-0.39, 0.29) is 0 Å². The molecule has 0 N–H and O–H groups in total. The van der Waals surface area contributed by atoms with Gasteiger partial charge in [-0.05, 0) is 75.5 Å². The molecular formula is C52H36N4. The highest BCUT2D eigenvalue weighted by Gasteiger charge is 2.20. The lowest BCUT2D eigenvalue weighted by Crippen LogP contribution is -2.05. The van der Waals surface area contributed by atoms with Crippen molar-refractivity contribution < 1.29 is 0 Å². The quantitative estimate of drug-likeness (QED) is 0.154. The van der Waals surface area contributed by atoms with Crippen molar-refractivity contribution in [3.63, 3.8) is 0 Å². The van der Waals surface area contributed by atoms with Gasteiger partial charge in [0.15, 0.2) is 17.5 Å². The Bertz CT molecular complexity index is 3160. The molecule has 8 aromatic carbocycles. The van der Waals surface area contributed by atoms with Gasteiger partial charge < -0.3 is 4.57 Å². The smallest absolute Gasteiger partial charge is 0.164 e. The highest BCUT2D eigenvalue weighted by atomic mass is 15.0. The summed E-state index contributed by atoms with van der Waals surface area (Å²) in [6.45, 7) is 6.84. The van der Waals surface area contributed by atoms with Gasteiger partial charge in [-0.25, -0.2) is 15.0 Å². The van der Waals surface area contributed by atoms with Crippen LogP contribution in [0.15, 0.2) is 195 Å². The number of hydrogen-bond donors (Lipinski definition) is 0. The van der Waals surface area contributed by atoms with Crippen LogP contribution in [0.25, 0.3) is 88.5 Å². The number of para-hydroxylation sites is 1. The SMILES string of the molecule is C=C(/C=C(\c1ccccc1C)n1c2ccccc2c2cc3ccccc3cc21)c1nc(-c2ccccc2)nc(-c2ccc(-c3ccccc3)c3ccccc23)n1. The fraction of sp³-hybridized carbons (Fsp3) is 0.0192. The van der Waals surface area contributed by atoms with Gasteiger partial charge >= 0.3 is 0 Å². The normalized spacial score (nSPS) is 11.8. The fourth-order valence-corrected chi connectivity index (χ4v) is 7.99. The zero-order valence-corrected chi connectivity index (χ0v) is 30.9. The molecule has 0 saturated carbocycles. The van der Waals surface area contributed by atoms with Crippen molar-refractivity contribution >= 4 is 54.6 Å². The van der Waals surface area contributed by atoms with E-state index >= 15 is 0 Å². The van der Waals surface area contributed by atoms with Gasteiger partial charge in [-0.1, -0.05) is 164 Å². The van der Waals surface area contributed by atoms with E-state index in [2.05, 4.69) is 170 Å². The number of allylic oxidation sites excluding steroid dienone is 2. The summed E-state index contributed by atoms with van der Waals surface area (Å²) in [4.78, 5) is 15.5. The van der Waals surface area contributed by atoms with Crippen LogP contribution < -0.4 is 0 Å². The molecule has 0 aliphatic rings. The van der Waals surface area contributed by atoms with E-state index in [0.29, 0.717) is 23.0 Å². The van der Waals surface area contributed by atoms with Gasteiger partial charge in [0.05, 0.1) is 16.7 Å². The van der Waals surface area contributed by atoms with Crippen LogP contribution in [0.3, 0.4) is 0 Å². The lowest BCUT2D eigenvalue weighted by Gasteiger charge is -2.17. The van der Waals surface area contributed by atoms with E-state index in [4.69, 9.17) is 15.0 Å². The number of hydrogen-bond acceptors (Lipinski definition) is 3. The van der Waals surface area contributed by atoms with Gasteiger partial charge in [-0.2, -0.15) is 0 Å². The number of benzene rings is 8. The molecule has 0 bridgehead atoms.